The molecule has 408 valence electrons. The number of benzene rings is 4. The zero-order valence-corrected chi connectivity index (χ0v) is 43.8. The summed E-state index contributed by atoms with van der Waals surface area (Å²) >= 11 is 0. The maximum absolute atomic E-state index is 12.6. The molecule has 0 aliphatic rings. The second-order valence-corrected chi connectivity index (χ2v) is 17.2. The van der Waals surface area contributed by atoms with Crippen LogP contribution in [0.4, 0.5) is 0 Å². The van der Waals surface area contributed by atoms with Gasteiger partial charge in [0.1, 0.15) is 62.6 Å². The number of nitrogens with one attached hydrogen (secondary N) is 2. The molecule has 0 bridgehead atoms. The fraction of sp³-hybridized carbons (Fsp3) is 0.356. The van der Waals surface area contributed by atoms with Crippen LogP contribution in [0.2, 0.25) is 0 Å². The van der Waals surface area contributed by atoms with E-state index < -0.39 is 53.3 Å². The Balaban J connectivity index is 1.20. The van der Waals surface area contributed by atoms with Crippen molar-refractivity contribution >= 4 is 35.7 Å². The van der Waals surface area contributed by atoms with Gasteiger partial charge in [-0.25, -0.2) is 9.59 Å². The fourth-order valence-electron chi connectivity index (χ4n) is 6.90. The predicted octanol–water partition coefficient (Wildman–Crippen LogP) is 5.61. The summed E-state index contributed by atoms with van der Waals surface area (Å²) in [6.45, 7) is 4.25. The Morgan fingerprint density at radius 1 is 0.519 bits per heavy atom. The van der Waals surface area contributed by atoms with Crippen LogP contribution in [0.15, 0.2) is 121 Å². The Labute approximate surface area is 449 Å². The molecule has 18 heteroatoms. The highest BCUT2D eigenvalue weighted by atomic mass is 16.6. The number of likely N-dealkylation sites (N-methyl/N-ethyl adjacent to an activating group) is 2. The molecule has 0 aromatic heterocycles. The van der Waals surface area contributed by atoms with Crippen LogP contribution >= 0.6 is 0 Å². The first kappa shape index (κ1) is 61.0. The van der Waals surface area contributed by atoms with Crippen LogP contribution in [-0.4, -0.2) is 128 Å². The Kier molecular flexibility index (Phi) is 27.0. The maximum atomic E-state index is 12.6. The van der Waals surface area contributed by atoms with E-state index in [-0.39, 0.29) is 78.9 Å². The second-order valence-electron chi connectivity index (χ2n) is 17.2. The van der Waals surface area contributed by atoms with Crippen molar-refractivity contribution in [3.63, 3.8) is 0 Å². The molecule has 0 saturated carbocycles. The highest BCUT2D eigenvalue weighted by Crippen LogP contribution is 2.33. The molecule has 77 heavy (non-hydrogen) atoms. The molecule has 4 rings (SSSR count). The lowest BCUT2D eigenvalue weighted by Gasteiger charge is -2.26. The van der Waals surface area contributed by atoms with Crippen molar-refractivity contribution in [3.05, 3.63) is 144 Å². The molecule has 0 saturated heterocycles. The van der Waals surface area contributed by atoms with Gasteiger partial charge < -0.3 is 58.0 Å². The van der Waals surface area contributed by atoms with Crippen LogP contribution in [-0.2, 0) is 75.4 Å². The third-order valence-electron chi connectivity index (χ3n) is 11.1. The van der Waals surface area contributed by atoms with E-state index >= 15 is 0 Å². The molecule has 0 fully saturated rings. The van der Waals surface area contributed by atoms with Gasteiger partial charge >= 0.3 is 23.9 Å². The Hall–Kier alpha value is -8.58. The van der Waals surface area contributed by atoms with Crippen LogP contribution < -0.4 is 29.6 Å². The molecule has 0 heterocycles. The van der Waals surface area contributed by atoms with Gasteiger partial charge in [0.05, 0.1) is 26.4 Å². The summed E-state index contributed by atoms with van der Waals surface area (Å²) in [5.41, 5.74) is 3.35. The molecule has 18 nitrogen and oxygen atoms in total. The summed E-state index contributed by atoms with van der Waals surface area (Å²) in [6.07, 6.45) is 13.5. The molecule has 0 aliphatic heterocycles. The molecule has 4 aromatic rings. The van der Waals surface area contributed by atoms with E-state index in [1.165, 1.54) is 14.1 Å². The van der Waals surface area contributed by atoms with Crippen molar-refractivity contribution < 1.29 is 76.1 Å². The summed E-state index contributed by atoms with van der Waals surface area (Å²) < 4.78 is 55.9. The zero-order valence-electron chi connectivity index (χ0n) is 43.8. The van der Waals surface area contributed by atoms with E-state index in [4.69, 9.17) is 60.2 Å². The van der Waals surface area contributed by atoms with Gasteiger partial charge in [-0.3, -0.25) is 19.2 Å². The minimum atomic E-state index is -0.965. The van der Waals surface area contributed by atoms with Crippen molar-refractivity contribution in [2.45, 2.75) is 57.2 Å². The summed E-state index contributed by atoms with van der Waals surface area (Å²) in [4.78, 5) is 73.4. The molecule has 2 N–H and O–H groups in total. The fourth-order valence-corrected chi connectivity index (χ4v) is 6.90. The van der Waals surface area contributed by atoms with Crippen molar-refractivity contribution in [1.82, 2.24) is 10.6 Å². The minimum Gasteiger partial charge on any atom is -0.491 e. The van der Waals surface area contributed by atoms with E-state index in [0.717, 1.165) is 46.6 Å². The first-order chi connectivity index (χ1) is 37.2. The third-order valence-corrected chi connectivity index (χ3v) is 11.1. The average Bonchev–Trinajstić information content (AvgIpc) is 3.44. The van der Waals surface area contributed by atoms with Gasteiger partial charge in [-0.05, 0) is 83.6 Å². The zero-order chi connectivity index (χ0) is 55.7. The summed E-state index contributed by atoms with van der Waals surface area (Å²) in [5, 5.41) is 4.75. The van der Waals surface area contributed by atoms with Gasteiger partial charge in [-0.1, -0.05) is 74.2 Å². The molecule has 0 spiro atoms. The van der Waals surface area contributed by atoms with E-state index in [1.54, 1.807) is 36.4 Å². The van der Waals surface area contributed by atoms with E-state index in [2.05, 4.69) is 36.3 Å². The molecular weight excluding hydrogens is 993 g/mol. The number of hydrogen-bond donors (Lipinski definition) is 2. The lowest BCUT2D eigenvalue weighted by Crippen LogP contribution is -2.30. The normalized spacial score (nSPS) is 11.8. The highest BCUT2D eigenvalue weighted by Gasteiger charge is 2.24. The smallest absolute Gasteiger partial charge is 0.331 e. The highest BCUT2D eigenvalue weighted by molar-refractivity contribution is 5.95. The number of ether oxygens (including phenoxy) is 10. The number of rotatable bonds is 34. The van der Waals surface area contributed by atoms with Gasteiger partial charge in [-0.15, -0.1) is 12.8 Å². The third kappa shape index (κ3) is 24.1. The van der Waals surface area contributed by atoms with Gasteiger partial charge in [-0.2, -0.15) is 0 Å². The first-order valence-electron chi connectivity index (χ1n) is 24.7. The van der Waals surface area contributed by atoms with Crippen molar-refractivity contribution in [2.24, 2.45) is 0 Å². The van der Waals surface area contributed by atoms with Crippen molar-refractivity contribution in [1.29, 1.82) is 0 Å². The number of terminal acetylenes is 2. The molecule has 4 aromatic carbocycles. The van der Waals surface area contributed by atoms with Gasteiger partial charge in [0.2, 0.25) is 11.8 Å². The predicted molar refractivity (Wildman–Crippen MR) is 284 cm³/mol. The topological polar surface area (TPSA) is 219 Å². The number of carbonyl (C=O) groups excluding carboxylic acids is 6. The minimum absolute atomic E-state index is 0.0605. The standard InChI is InChI=1S/C59H66N2O16/c1-7-31-70-49-13-9-11-43(37-49)15-27-55(64)74-41-51(76-57(66)29-25-53(62)60-5)39-68-33-35-72-47-21-17-45(18-22-47)59(3,4)46-19-23-48(24-20-46)73-36-34-69-40-52(77-58(67)30-26-54(63)61-6)42-75-56(65)28-16-44-12-10-14-50(38-44)71-32-8-2/h1-2,9-14,17-26,29-30,37-38,51-52H,15-16,27-28,31-36,39-42H2,3-6H3,(H,60,62)(H,61,63)/b29-25+,30-26+. The molecule has 0 aliphatic carbocycles. The van der Waals surface area contributed by atoms with Crippen molar-refractivity contribution in [2.75, 3.05) is 80.2 Å². The molecule has 2 unspecified atom stereocenters. The lowest BCUT2D eigenvalue weighted by atomic mass is 9.78. The van der Waals surface area contributed by atoms with Gasteiger partial charge in [0, 0.05) is 56.7 Å². The Morgan fingerprint density at radius 3 is 1.30 bits per heavy atom. The van der Waals surface area contributed by atoms with E-state index in [0.29, 0.717) is 35.8 Å². The van der Waals surface area contributed by atoms with E-state index in [1.807, 2.05) is 60.7 Å². The Bertz CT molecular complexity index is 2490. The van der Waals surface area contributed by atoms with Crippen molar-refractivity contribution in [3.8, 4) is 47.7 Å². The van der Waals surface area contributed by atoms with Gasteiger partial charge in [0.15, 0.2) is 12.2 Å². The van der Waals surface area contributed by atoms with Crippen LogP contribution in [0, 0.1) is 24.7 Å². The average molecular weight is 1060 g/mol. The van der Waals surface area contributed by atoms with Crippen LogP contribution in [0.25, 0.3) is 0 Å². The summed E-state index contributed by atoms with van der Waals surface area (Å²) in [7, 11) is 2.84. The SMILES string of the molecule is C#CCOc1cccc(CCC(=O)OCC(COCCOc2ccc(C(C)(C)c3ccc(OCCOCC(COC(=O)CCc4cccc(OCC#C)c4)OC(=O)/C=C/C(=O)NC)cc3)cc2)OC(=O)/C=C/C(=O)NC)c1. The monoisotopic (exact) mass is 1060 g/mol. The molecule has 2 amide bonds. The van der Waals surface area contributed by atoms with Crippen LogP contribution in [0.3, 0.4) is 0 Å². The lowest BCUT2D eigenvalue weighted by molar-refractivity contribution is -0.159. The number of carbonyl (C=O) groups is 6. The summed E-state index contributed by atoms with van der Waals surface area (Å²) in [5.74, 6) is 3.57. The number of amides is 2. The number of hydrogen-bond acceptors (Lipinski definition) is 16. The Morgan fingerprint density at radius 2 is 0.922 bits per heavy atom. The second kappa shape index (κ2) is 34.1. The molecule has 2 atom stereocenters. The number of aryl methyl sites for hydroxylation is 2. The van der Waals surface area contributed by atoms with Crippen LogP contribution in [0.5, 0.6) is 23.0 Å². The van der Waals surface area contributed by atoms with E-state index in [9.17, 15) is 28.8 Å². The summed E-state index contributed by atoms with van der Waals surface area (Å²) in [6, 6.07) is 29.7. The number of esters is 4. The van der Waals surface area contributed by atoms with Gasteiger partial charge in [0.25, 0.3) is 0 Å². The maximum Gasteiger partial charge on any atom is 0.331 e. The first-order valence-corrected chi connectivity index (χ1v) is 24.7. The molecular formula is C59H66N2O16. The van der Waals surface area contributed by atoms with Crippen LogP contribution in [0.1, 0.15) is 48.9 Å². The quantitative estimate of drug-likeness (QED) is 0.0191. The largest absolute Gasteiger partial charge is 0.491 e. The molecule has 0 radical (unpaired) electrons.